The molecule has 0 fully saturated rings. The van der Waals surface area contributed by atoms with Gasteiger partial charge in [0, 0.05) is 23.9 Å². The van der Waals surface area contributed by atoms with Crippen LogP contribution in [0.1, 0.15) is 6.42 Å². The van der Waals surface area contributed by atoms with Gasteiger partial charge in [-0.1, -0.05) is 35.0 Å². The smallest absolute Gasteiger partial charge is 0.225 e. The Kier molecular flexibility index (Phi) is 5.70. The maximum absolute atomic E-state index is 11.8. The van der Waals surface area contributed by atoms with Crippen LogP contribution in [0.15, 0.2) is 29.4 Å². The molecule has 0 aliphatic carbocycles. The zero-order chi connectivity index (χ0) is 16.1. The average molecular weight is 358 g/mol. The molecule has 0 aliphatic heterocycles. The van der Waals surface area contributed by atoms with E-state index in [1.807, 2.05) is 0 Å². The molecule has 2 rings (SSSR count). The van der Waals surface area contributed by atoms with E-state index in [0.717, 1.165) is 0 Å². The summed E-state index contributed by atoms with van der Waals surface area (Å²) in [6.07, 6.45) is 0.281. The van der Waals surface area contributed by atoms with Gasteiger partial charge in [0.25, 0.3) is 0 Å². The third-order valence-corrected chi connectivity index (χ3v) is 4.10. The summed E-state index contributed by atoms with van der Waals surface area (Å²) in [6.45, 7) is 0. The second-order valence-corrected chi connectivity index (χ2v) is 6.15. The molecule has 0 atom stereocenters. The summed E-state index contributed by atoms with van der Waals surface area (Å²) in [5.74, 6) is 0.948. The van der Waals surface area contributed by atoms with Crippen LogP contribution in [0.4, 0.5) is 17.3 Å². The molecule has 0 aliphatic rings. The number of thioether (sulfide) groups is 1. The van der Waals surface area contributed by atoms with Crippen LogP contribution in [0.2, 0.25) is 10.0 Å². The van der Waals surface area contributed by atoms with Gasteiger partial charge in [0.05, 0.1) is 10.0 Å². The second kappa shape index (κ2) is 7.53. The SMILES string of the molecule is Nc1cc(N)nc(SCCC(=O)Nc2ccc(Cl)c(Cl)c2)n1. The molecule has 1 heterocycles. The molecule has 22 heavy (non-hydrogen) atoms. The molecule has 116 valence electrons. The van der Waals surface area contributed by atoms with Gasteiger partial charge in [-0.25, -0.2) is 9.97 Å². The first-order valence-corrected chi connectivity index (χ1v) is 7.96. The lowest BCUT2D eigenvalue weighted by atomic mass is 10.3. The Hall–Kier alpha value is -1.70. The van der Waals surface area contributed by atoms with E-state index < -0.39 is 0 Å². The van der Waals surface area contributed by atoms with E-state index in [4.69, 9.17) is 34.7 Å². The van der Waals surface area contributed by atoms with Gasteiger partial charge in [-0.15, -0.1) is 0 Å². The van der Waals surface area contributed by atoms with Crippen molar-refractivity contribution in [3.8, 4) is 0 Å². The van der Waals surface area contributed by atoms with Crippen molar-refractivity contribution in [1.29, 1.82) is 0 Å². The third kappa shape index (κ3) is 4.94. The van der Waals surface area contributed by atoms with Gasteiger partial charge in [-0.05, 0) is 18.2 Å². The fourth-order valence-electron chi connectivity index (χ4n) is 1.56. The zero-order valence-corrected chi connectivity index (χ0v) is 13.7. The van der Waals surface area contributed by atoms with Crippen molar-refractivity contribution in [3.63, 3.8) is 0 Å². The predicted molar refractivity (Wildman–Crippen MR) is 91.3 cm³/mol. The highest BCUT2D eigenvalue weighted by molar-refractivity contribution is 7.99. The number of nitrogens with one attached hydrogen (secondary N) is 1. The molecular weight excluding hydrogens is 345 g/mol. The molecule has 5 N–H and O–H groups in total. The van der Waals surface area contributed by atoms with Crippen molar-refractivity contribution >= 4 is 58.2 Å². The number of nitrogens with two attached hydrogens (primary N) is 2. The fraction of sp³-hybridized carbons (Fsp3) is 0.154. The Morgan fingerprint density at radius 1 is 1.14 bits per heavy atom. The van der Waals surface area contributed by atoms with Crippen molar-refractivity contribution in [3.05, 3.63) is 34.3 Å². The summed E-state index contributed by atoms with van der Waals surface area (Å²) in [6, 6.07) is 6.37. The lowest BCUT2D eigenvalue weighted by Crippen LogP contribution is -2.12. The average Bonchev–Trinajstić information content (AvgIpc) is 2.42. The summed E-state index contributed by atoms with van der Waals surface area (Å²) in [5, 5.41) is 4.00. The number of benzene rings is 1. The Balaban J connectivity index is 1.83. The Morgan fingerprint density at radius 2 is 1.82 bits per heavy atom. The molecule has 1 aromatic carbocycles. The van der Waals surface area contributed by atoms with Crippen LogP contribution in [0, 0.1) is 0 Å². The minimum absolute atomic E-state index is 0.150. The first-order valence-electron chi connectivity index (χ1n) is 6.22. The lowest BCUT2D eigenvalue weighted by Gasteiger charge is -2.06. The molecule has 0 saturated carbocycles. The highest BCUT2D eigenvalue weighted by Crippen LogP contribution is 2.25. The van der Waals surface area contributed by atoms with E-state index in [0.29, 0.717) is 38.3 Å². The number of nitrogens with zero attached hydrogens (tertiary/aromatic N) is 2. The van der Waals surface area contributed by atoms with Gasteiger partial charge < -0.3 is 16.8 Å². The molecule has 0 unspecified atom stereocenters. The van der Waals surface area contributed by atoms with E-state index in [9.17, 15) is 4.79 Å². The summed E-state index contributed by atoms with van der Waals surface area (Å²) in [5.41, 5.74) is 11.7. The fourth-order valence-corrected chi connectivity index (χ4v) is 2.67. The standard InChI is InChI=1S/C13H13Cl2N5OS/c14-8-2-1-7(5-9(8)15)18-12(21)3-4-22-13-19-10(16)6-11(17)20-13/h1-2,5-6H,3-4H2,(H,18,21)(H4,16,17,19,20). The largest absolute Gasteiger partial charge is 0.383 e. The second-order valence-electron chi connectivity index (χ2n) is 4.28. The van der Waals surface area contributed by atoms with Crippen molar-refractivity contribution in [1.82, 2.24) is 9.97 Å². The minimum atomic E-state index is -0.150. The molecule has 9 heteroatoms. The summed E-state index contributed by atoms with van der Waals surface area (Å²) in [4.78, 5) is 19.9. The molecular formula is C13H13Cl2N5OS. The van der Waals surface area contributed by atoms with E-state index in [-0.39, 0.29) is 12.3 Å². The number of aromatic nitrogens is 2. The maximum Gasteiger partial charge on any atom is 0.225 e. The summed E-state index contributed by atoms with van der Waals surface area (Å²) < 4.78 is 0. The van der Waals surface area contributed by atoms with Crippen LogP contribution in [0.3, 0.4) is 0 Å². The number of rotatable bonds is 5. The minimum Gasteiger partial charge on any atom is -0.383 e. The molecule has 0 radical (unpaired) electrons. The number of halogens is 2. The maximum atomic E-state index is 11.8. The molecule has 1 aromatic heterocycles. The molecule has 0 bridgehead atoms. The number of carbonyl (C=O) groups is 1. The Labute approximate surface area is 141 Å². The number of nitrogen functional groups attached to an aromatic ring is 2. The molecule has 6 nitrogen and oxygen atoms in total. The van der Waals surface area contributed by atoms with Gasteiger partial charge in [0.1, 0.15) is 11.6 Å². The van der Waals surface area contributed by atoms with E-state index in [2.05, 4.69) is 15.3 Å². The number of carbonyl (C=O) groups excluding carboxylic acids is 1. The van der Waals surface area contributed by atoms with Gasteiger partial charge in [-0.2, -0.15) is 0 Å². The van der Waals surface area contributed by atoms with Gasteiger partial charge in [0.15, 0.2) is 5.16 Å². The Bertz CT molecular complexity index is 678. The number of hydrogen-bond acceptors (Lipinski definition) is 6. The molecule has 0 saturated heterocycles. The first-order chi connectivity index (χ1) is 10.4. The lowest BCUT2D eigenvalue weighted by molar-refractivity contribution is -0.115. The van der Waals surface area contributed by atoms with Crippen LogP contribution in [-0.4, -0.2) is 21.6 Å². The number of hydrogen-bond donors (Lipinski definition) is 3. The Morgan fingerprint density at radius 3 is 2.45 bits per heavy atom. The van der Waals surface area contributed by atoms with Crippen LogP contribution in [0.5, 0.6) is 0 Å². The van der Waals surface area contributed by atoms with Crippen LogP contribution in [-0.2, 0) is 4.79 Å². The predicted octanol–water partition coefficient (Wildman–Crippen LogP) is 3.07. The van der Waals surface area contributed by atoms with Crippen LogP contribution >= 0.6 is 35.0 Å². The van der Waals surface area contributed by atoms with Crippen LogP contribution in [0.25, 0.3) is 0 Å². The molecule has 2 aromatic rings. The third-order valence-electron chi connectivity index (χ3n) is 2.51. The van der Waals surface area contributed by atoms with E-state index >= 15 is 0 Å². The topological polar surface area (TPSA) is 107 Å². The summed E-state index contributed by atoms with van der Waals surface area (Å²) >= 11 is 13.0. The van der Waals surface area contributed by atoms with Gasteiger partial charge in [0.2, 0.25) is 5.91 Å². The molecule has 0 spiro atoms. The van der Waals surface area contributed by atoms with E-state index in [1.165, 1.54) is 17.8 Å². The number of amides is 1. The molecule has 1 amide bonds. The van der Waals surface area contributed by atoms with E-state index in [1.54, 1.807) is 18.2 Å². The zero-order valence-electron chi connectivity index (χ0n) is 11.3. The van der Waals surface area contributed by atoms with Crippen LogP contribution < -0.4 is 16.8 Å². The normalized spacial score (nSPS) is 10.5. The summed E-state index contributed by atoms with van der Waals surface area (Å²) in [7, 11) is 0. The number of anilines is 3. The highest BCUT2D eigenvalue weighted by Gasteiger charge is 2.07. The first kappa shape index (κ1) is 16.7. The highest BCUT2D eigenvalue weighted by atomic mass is 35.5. The van der Waals surface area contributed by atoms with Crippen molar-refractivity contribution < 1.29 is 4.79 Å². The van der Waals surface area contributed by atoms with Gasteiger partial charge in [-0.3, -0.25) is 4.79 Å². The van der Waals surface area contributed by atoms with Gasteiger partial charge >= 0.3 is 0 Å². The monoisotopic (exact) mass is 357 g/mol. The van der Waals surface area contributed by atoms with Crippen molar-refractivity contribution in [2.45, 2.75) is 11.6 Å². The van der Waals surface area contributed by atoms with Crippen molar-refractivity contribution in [2.24, 2.45) is 0 Å². The quantitative estimate of drug-likeness (QED) is 0.560. The van der Waals surface area contributed by atoms with Crippen molar-refractivity contribution in [2.75, 3.05) is 22.5 Å².